The van der Waals surface area contributed by atoms with Gasteiger partial charge >= 0.3 is 6.03 Å². The van der Waals surface area contributed by atoms with Crippen LogP contribution in [0.3, 0.4) is 0 Å². The van der Waals surface area contributed by atoms with Gasteiger partial charge in [0.2, 0.25) is 0 Å². The average molecular weight is 368 g/mol. The number of nitriles is 1. The Kier molecular flexibility index (Phi) is 6.14. The van der Waals surface area contributed by atoms with Crippen LogP contribution in [0.5, 0.6) is 5.75 Å². The Morgan fingerprint density at radius 1 is 1.41 bits per heavy atom. The van der Waals surface area contributed by atoms with Gasteiger partial charge in [0, 0.05) is 13.1 Å². The summed E-state index contributed by atoms with van der Waals surface area (Å²) in [5.41, 5.74) is 1.54. The van der Waals surface area contributed by atoms with E-state index in [-0.39, 0.29) is 6.10 Å². The van der Waals surface area contributed by atoms with Crippen molar-refractivity contribution >= 4 is 17.5 Å². The molecule has 3 rings (SSSR count). The zero-order chi connectivity index (χ0) is 19.1. The minimum Gasteiger partial charge on any atom is -0.489 e. The zero-order valence-electron chi connectivity index (χ0n) is 14.9. The molecule has 0 aliphatic carbocycles. The summed E-state index contributed by atoms with van der Waals surface area (Å²) in [7, 11) is 0. The van der Waals surface area contributed by atoms with Gasteiger partial charge in [0.1, 0.15) is 18.5 Å². The lowest BCUT2D eigenvalue weighted by atomic mass is 10.2. The van der Waals surface area contributed by atoms with Crippen LogP contribution in [-0.4, -0.2) is 48.4 Å². The maximum atomic E-state index is 12.3. The summed E-state index contributed by atoms with van der Waals surface area (Å²) in [4.78, 5) is 20.4. The summed E-state index contributed by atoms with van der Waals surface area (Å²) in [5, 5.41) is 17.6. The lowest BCUT2D eigenvalue weighted by Crippen LogP contribution is -2.41. The Balaban J connectivity index is 1.67. The molecular weight excluding hydrogens is 348 g/mol. The number of nitrogens with one attached hydrogen (secondary N) is 3. The van der Waals surface area contributed by atoms with Gasteiger partial charge in [-0.25, -0.2) is 9.78 Å². The third-order valence-corrected chi connectivity index (χ3v) is 3.81. The number of carbonyl (C=O) groups is 1. The SMILES string of the molecule is Cc1cnc(NC(=O)Nc2cc(C#N)ccc2OC[C@@H]2CNCCO2)cn1. The second-order valence-corrected chi connectivity index (χ2v) is 5.95. The molecule has 27 heavy (non-hydrogen) atoms. The van der Waals surface area contributed by atoms with Gasteiger partial charge in [0.25, 0.3) is 0 Å². The van der Waals surface area contributed by atoms with Crippen molar-refractivity contribution < 1.29 is 14.3 Å². The number of aryl methyl sites for hydroxylation is 1. The number of carbonyl (C=O) groups excluding carboxylic acids is 1. The maximum Gasteiger partial charge on any atom is 0.325 e. The highest BCUT2D eigenvalue weighted by atomic mass is 16.5. The maximum absolute atomic E-state index is 12.3. The van der Waals surface area contributed by atoms with Gasteiger partial charge < -0.3 is 20.1 Å². The highest BCUT2D eigenvalue weighted by molar-refractivity contribution is 6.00. The smallest absolute Gasteiger partial charge is 0.325 e. The fraction of sp³-hybridized carbons (Fsp3) is 0.333. The molecule has 1 saturated heterocycles. The summed E-state index contributed by atoms with van der Waals surface area (Å²) in [6, 6.07) is 6.36. The Bertz CT molecular complexity index is 828. The second-order valence-electron chi connectivity index (χ2n) is 5.95. The first-order chi connectivity index (χ1) is 13.1. The Morgan fingerprint density at radius 2 is 2.30 bits per heavy atom. The number of benzene rings is 1. The monoisotopic (exact) mass is 368 g/mol. The van der Waals surface area contributed by atoms with E-state index in [0.717, 1.165) is 12.2 Å². The Morgan fingerprint density at radius 3 is 3.00 bits per heavy atom. The molecule has 9 heteroatoms. The Hall–Kier alpha value is -3.22. The molecule has 1 atom stereocenters. The van der Waals surface area contributed by atoms with E-state index in [2.05, 4.69) is 25.9 Å². The third kappa shape index (κ3) is 5.37. The zero-order valence-corrected chi connectivity index (χ0v) is 14.9. The van der Waals surface area contributed by atoms with Gasteiger partial charge in [-0.15, -0.1) is 0 Å². The molecule has 0 spiro atoms. The molecule has 1 fully saturated rings. The largest absolute Gasteiger partial charge is 0.489 e. The third-order valence-electron chi connectivity index (χ3n) is 3.81. The molecule has 2 heterocycles. The van der Waals surface area contributed by atoms with Crippen LogP contribution in [0.2, 0.25) is 0 Å². The van der Waals surface area contributed by atoms with Crippen LogP contribution in [-0.2, 0) is 4.74 Å². The quantitative estimate of drug-likeness (QED) is 0.734. The lowest BCUT2D eigenvalue weighted by molar-refractivity contribution is 0.000350. The van der Waals surface area contributed by atoms with Crippen molar-refractivity contribution in [3.05, 3.63) is 41.9 Å². The number of urea groups is 1. The van der Waals surface area contributed by atoms with Gasteiger partial charge in [-0.3, -0.25) is 10.3 Å². The van der Waals surface area contributed by atoms with Crippen LogP contribution >= 0.6 is 0 Å². The molecule has 0 radical (unpaired) electrons. The number of ether oxygens (including phenoxy) is 2. The summed E-state index contributed by atoms with van der Waals surface area (Å²) in [6.45, 7) is 4.29. The first kappa shape index (κ1) is 18.6. The number of amides is 2. The van der Waals surface area contributed by atoms with Crippen molar-refractivity contribution in [2.24, 2.45) is 0 Å². The number of hydrogen-bond acceptors (Lipinski definition) is 7. The van der Waals surface area contributed by atoms with Crippen LogP contribution in [0.4, 0.5) is 16.3 Å². The predicted octanol–water partition coefficient (Wildman–Crippen LogP) is 1.67. The number of nitrogens with zero attached hydrogens (tertiary/aromatic N) is 3. The van der Waals surface area contributed by atoms with Crippen molar-refractivity contribution in [2.75, 3.05) is 36.9 Å². The topological polar surface area (TPSA) is 121 Å². The predicted molar refractivity (Wildman–Crippen MR) is 98.7 cm³/mol. The van der Waals surface area contributed by atoms with E-state index in [1.54, 1.807) is 31.3 Å². The molecule has 0 bridgehead atoms. The first-order valence-electron chi connectivity index (χ1n) is 8.50. The number of anilines is 2. The van der Waals surface area contributed by atoms with E-state index < -0.39 is 6.03 Å². The first-order valence-corrected chi connectivity index (χ1v) is 8.50. The minimum atomic E-state index is -0.510. The molecule has 1 aliphatic heterocycles. The number of rotatable bonds is 5. The van der Waals surface area contributed by atoms with Crippen molar-refractivity contribution in [2.45, 2.75) is 13.0 Å². The lowest BCUT2D eigenvalue weighted by Gasteiger charge is -2.24. The van der Waals surface area contributed by atoms with E-state index in [1.807, 2.05) is 6.07 Å². The van der Waals surface area contributed by atoms with E-state index in [9.17, 15) is 4.79 Å². The number of hydrogen-bond donors (Lipinski definition) is 3. The molecule has 1 aromatic carbocycles. The van der Waals surface area contributed by atoms with Crippen LogP contribution in [0, 0.1) is 18.3 Å². The van der Waals surface area contributed by atoms with Crippen LogP contribution in [0.25, 0.3) is 0 Å². The van der Waals surface area contributed by atoms with Gasteiger partial charge in [0.15, 0.2) is 5.82 Å². The highest BCUT2D eigenvalue weighted by Crippen LogP contribution is 2.26. The van der Waals surface area contributed by atoms with Gasteiger partial charge in [-0.05, 0) is 25.1 Å². The Labute approximate surface area is 156 Å². The fourth-order valence-corrected chi connectivity index (χ4v) is 2.46. The molecule has 140 valence electrons. The molecule has 1 aliphatic rings. The normalized spacial score (nSPS) is 16.2. The summed E-state index contributed by atoms with van der Waals surface area (Å²) in [5.74, 6) is 0.770. The molecule has 3 N–H and O–H groups in total. The minimum absolute atomic E-state index is 0.0705. The molecule has 2 aromatic rings. The van der Waals surface area contributed by atoms with Crippen molar-refractivity contribution in [1.82, 2.24) is 15.3 Å². The second kappa shape index (κ2) is 8.93. The van der Waals surface area contributed by atoms with Crippen molar-refractivity contribution in [3.8, 4) is 11.8 Å². The molecule has 1 aromatic heterocycles. The van der Waals surface area contributed by atoms with Crippen LogP contribution in [0.1, 0.15) is 11.3 Å². The number of morpholine rings is 1. The molecule has 2 amide bonds. The number of aromatic nitrogens is 2. The van der Waals surface area contributed by atoms with Crippen molar-refractivity contribution in [3.63, 3.8) is 0 Å². The van der Waals surface area contributed by atoms with E-state index in [0.29, 0.717) is 42.6 Å². The van der Waals surface area contributed by atoms with Gasteiger partial charge in [-0.2, -0.15) is 5.26 Å². The average Bonchev–Trinajstić information content (AvgIpc) is 2.69. The molecule has 0 unspecified atom stereocenters. The highest BCUT2D eigenvalue weighted by Gasteiger charge is 2.16. The van der Waals surface area contributed by atoms with Crippen LogP contribution in [0.15, 0.2) is 30.6 Å². The van der Waals surface area contributed by atoms with Crippen LogP contribution < -0.4 is 20.7 Å². The fourth-order valence-electron chi connectivity index (χ4n) is 2.46. The van der Waals surface area contributed by atoms with Crippen molar-refractivity contribution in [1.29, 1.82) is 5.26 Å². The molecular formula is C18H20N6O3. The molecule has 0 saturated carbocycles. The van der Waals surface area contributed by atoms with Gasteiger partial charge in [0.05, 0.1) is 42.0 Å². The summed E-state index contributed by atoms with van der Waals surface area (Å²) < 4.78 is 11.4. The summed E-state index contributed by atoms with van der Waals surface area (Å²) in [6.07, 6.45) is 2.95. The standard InChI is InChI=1S/C18H20N6O3/c1-12-8-22-17(10-21-12)24-18(25)23-15-6-13(7-19)2-3-16(15)27-11-14-9-20-4-5-26-14/h2-3,6,8,10,14,20H,4-5,9,11H2,1H3,(H2,22,23,24,25)/t14-/m0/s1. The van der Waals surface area contributed by atoms with E-state index in [4.69, 9.17) is 14.7 Å². The molecule has 9 nitrogen and oxygen atoms in total. The van der Waals surface area contributed by atoms with E-state index in [1.165, 1.54) is 6.20 Å². The summed E-state index contributed by atoms with van der Waals surface area (Å²) >= 11 is 0. The van der Waals surface area contributed by atoms with E-state index >= 15 is 0 Å². The van der Waals surface area contributed by atoms with Gasteiger partial charge in [-0.1, -0.05) is 0 Å².